The number of piperidine rings is 1. The highest BCUT2D eigenvalue weighted by molar-refractivity contribution is 14.1. The van der Waals surface area contributed by atoms with Gasteiger partial charge in [0.1, 0.15) is 5.75 Å². The van der Waals surface area contributed by atoms with E-state index in [1.54, 1.807) is 27.8 Å². The van der Waals surface area contributed by atoms with Gasteiger partial charge in [0.05, 0.1) is 0 Å². The zero-order chi connectivity index (χ0) is 23.0. The van der Waals surface area contributed by atoms with Crippen molar-refractivity contribution >= 4 is 44.7 Å². The van der Waals surface area contributed by atoms with Gasteiger partial charge in [-0.05, 0) is 37.8 Å². The lowest BCUT2D eigenvalue weighted by atomic mass is 10.0. The maximum atomic E-state index is 12.5. The molecule has 0 aliphatic carbocycles. The molecule has 1 aromatic carbocycles. The first kappa shape index (κ1) is 25.6. The smallest absolute Gasteiger partial charge is 0.260 e. The van der Waals surface area contributed by atoms with Crippen LogP contribution in [0.3, 0.4) is 0 Å². The van der Waals surface area contributed by atoms with Crippen molar-refractivity contribution in [2.24, 2.45) is 0 Å². The Bertz CT molecular complexity index is 898. The second-order valence-electron chi connectivity index (χ2n) is 7.45. The third-order valence-electron chi connectivity index (χ3n) is 5.16. The number of carbonyl (C=O) groups excluding carboxylic acids is 2. The van der Waals surface area contributed by atoms with E-state index in [1.165, 1.54) is 0 Å². The molecule has 2 amide bonds. The Hall–Kier alpha value is -1.66. The minimum absolute atomic E-state index is 0.00361. The molecule has 1 aliphatic heterocycles. The number of sulfonamides is 1. The predicted octanol–water partition coefficient (Wildman–Crippen LogP) is 2.56. The van der Waals surface area contributed by atoms with Gasteiger partial charge in [-0.25, -0.2) is 8.42 Å². The van der Waals surface area contributed by atoms with Crippen molar-refractivity contribution in [3.05, 3.63) is 41.3 Å². The highest BCUT2D eigenvalue weighted by Gasteiger charge is 2.25. The number of hydrogen-bond donors (Lipinski definition) is 1. The normalized spacial score (nSPS) is 15.0. The topological polar surface area (TPSA) is 96.0 Å². The van der Waals surface area contributed by atoms with Gasteiger partial charge in [-0.15, -0.1) is 2.52 Å². The molecular weight excluding hydrogens is 533 g/mol. The first-order chi connectivity index (χ1) is 14.7. The zero-order valence-electron chi connectivity index (χ0n) is 18.0. The molecule has 1 aliphatic rings. The molecule has 1 fully saturated rings. The molecule has 31 heavy (non-hydrogen) atoms. The van der Waals surface area contributed by atoms with Crippen LogP contribution in [0.25, 0.3) is 0 Å². The summed E-state index contributed by atoms with van der Waals surface area (Å²) in [5, 5.41) is 3.78. The number of hydrogen-bond acceptors (Lipinski definition) is 5. The van der Waals surface area contributed by atoms with E-state index in [2.05, 4.69) is 24.9 Å². The van der Waals surface area contributed by atoms with Crippen molar-refractivity contribution in [1.82, 2.24) is 12.7 Å². The molecule has 1 saturated heterocycles. The molecule has 0 bridgehead atoms. The predicted molar refractivity (Wildman–Crippen MR) is 128 cm³/mol. The molecule has 2 rings (SSSR count). The van der Waals surface area contributed by atoms with Gasteiger partial charge in [-0.1, -0.05) is 31.2 Å². The lowest BCUT2D eigenvalue weighted by Crippen LogP contribution is -2.48. The molecular formula is C21H30IN3O5S. The molecule has 0 unspecified atom stereocenters. The van der Waals surface area contributed by atoms with Crippen molar-refractivity contribution in [3.63, 3.8) is 0 Å². The van der Waals surface area contributed by atoms with E-state index < -0.39 is 10.0 Å². The summed E-state index contributed by atoms with van der Waals surface area (Å²) in [6, 6.07) is 5.91. The number of halogens is 1. The monoisotopic (exact) mass is 563 g/mol. The average molecular weight is 563 g/mol. The molecule has 1 N–H and O–H groups in total. The van der Waals surface area contributed by atoms with Crippen molar-refractivity contribution in [3.8, 4) is 5.75 Å². The molecule has 0 radical (unpaired) electrons. The van der Waals surface area contributed by atoms with Crippen LogP contribution >= 0.6 is 22.9 Å². The summed E-state index contributed by atoms with van der Waals surface area (Å²) in [5.41, 5.74) is 2.24. The van der Waals surface area contributed by atoms with Gasteiger partial charge in [-0.2, -0.15) is 0 Å². The highest BCUT2D eigenvalue weighted by Crippen LogP contribution is 2.21. The maximum Gasteiger partial charge on any atom is 0.260 e. The van der Waals surface area contributed by atoms with E-state index in [9.17, 15) is 18.0 Å². The second kappa shape index (κ2) is 11.8. The number of amides is 2. The molecule has 0 aromatic heterocycles. The fraction of sp³-hybridized carbons (Fsp3) is 0.524. The highest BCUT2D eigenvalue weighted by atomic mass is 127. The van der Waals surface area contributed by atoms with E-state index >= 15 is 0 Å². The van der Waals surface area contributed by atoms with Crippen molar-refractivity contribution in [1.29, 1.82) is 0 Å². The Balaban J connectivity index is 1.73. The van der Waals surface area contributed by atoms with Gasteiger partial charge in [-0.3, -0.25) is 9.59 Å². The Morgan fingerprint density at radius 1 is 1.35 bits per heavy atom. The SMILES string of the molecule is C=CS(=O)(=O)N(I)CCC(=O)NC1CCN(C(=O)COc2ccc(C)cc2CC)CC1. The molecule has 0 spiro atoms. The molecule has 0 saturated carbocycles. The van der Waals surface area contributed by atoms with E-state index in [-0.39, 0.29) is 37.4 Å². The molecule has 0 atom stereocenters. The first-order valence-corrected chi connectivity index (χ1v) is 12.7. The number of aryl methyl sites for hydroxylation is 2. The fourth-order valence-corrected chi connectivity index (χ4v) is 4.56. The molecule has 1 aromatic rings. The maximum absolute atomic E-state index is 12.5. The van der Waals surface area contributed by atoms with Gasteiger partial charge in [0, 0.05) is 60.4 Å². The first-order valence-electron chi connectivity index (χ1n) is 10.3. The standard InChI is InChI=1S/C21H30IN3O5S/c1-4-17-14-16(3)6-7-19(17)30-15-21(27)24-11-8-18(9-12-24)23-20(26)10-13-25(22)31(28,29)5-2/h5-7,14,18H,2,4,8-13,15H2,1,3H3,(H,23,26). The van der Waals surface area contributed by atoms with Crippen LogP contribution in [-0.4, -0.2) is 59.9 Å². The summed E-state index contributed by atoms with van der Waals surface area (Å²) in [5.74, 6) is 0.467. The van der Waals surface area contributed by atoms with Crippen LogP contribution in [0, 0.1) is 6.92 Å². The molecule has 10 heteroatoms. The van der Waals surface area contributed by atoms with E-state index in [1.807, 2.05) is 19.1 Å². The quantitative estimate of drug-likeness (QED) is 0.349. The van der Waals surface area contributed by atoms with Crippen LogP contribution in [-0.2, 0) is 26.0 Å². The van der Waals surface area contributed by atoms with Gasteiger partial charge < -0.3 is 15.0 Å². The zero-order valence-corrected chi connectivity index (χ0v) is 20.9. The lowest BCUT2D eigenvalue weighted by molar-refractivity contribution is -0.134. The number of rotatable bonds is 10. The summed E-state index contributed by atoms with van der Waals surface area (Å²) in [4.78, 5) is 26.4. The largest absolute Gasteiger partial charge is 0.483 e. The summed E-state index contributed by atoms with van der Waals surface area (Å²) in [6.45, 7) is 8.51. The summed E-state index contributed by atoms with van der Waals surface area (Å²) >= 11 is 1.65. The second-order valence-corrected chi connectivity index (χ2v) is 11.1. The summed E-state index contributed by atoms with van der Waals surface area (Å²) < 4.78 is 30.1. The number of ether oxygens (including phenoxy) is 1. The van der Waals surface area contributed by atoms with Gasteiger partial charge in [0.2, 0.25) is 15.9 Å². The minimum Gasteiger partial charge on any atom is -0.483 e. The number of likely N-dealkylation sites (tertiary alicyclic amines) is 1. The number of benzene rings is 1. The van der Waals surface area contributed by atoms with Crippen molar-refractivity contribution < 1.29 is 22.7 Å². The van der Waals surface area contributed by atoms with Crippen LogP contribution in [0.1, 0.15) is 37.3 Å². The van der Waals surface area contributed by atoms with Crippen LogP contribution in [0.5, 0.6) is 5.75 Å². The fourth-order valence-electron chi connectivity index (χ4n) is 3.33. The van der Waals surface area contributed by atoms with E-state index in [0.717, 1.165) is 31.2 Å². The lowest BCUT2D eigenvalue weighted by Gasteiger charge is -2.32. The molecule has 8 nitrogen and oxygen atoms in total. The average Bonchev–Trinajstić information content (AvgIpc) is 2.76. The summed E-state index contributed by atoms with van der Waals surface area (Å²) in [7, 11) is -3.53. The van der Waals surface area contributed by atoms with Gasteiger partial charge in [0.25, 0.3) is 5.91 Å². The van der Waals surface area contributed by atoms with E-state index in [4.69, 9.17) is 4.74 Å². The van der Waals surface area contributed by atoms with Crippen LogP contribution in [0.15, 0.2) is 30.2 Å². The van der Waals surface area contributed by atoms with Crippen molar-refractivity contribution in [2.75, 3.05) is 26.2 Å². The molecule has 1 heterocycles. The Kier molecular flexibility index (Phi) is 9.76. The van der Waals surface area contributed by atoms with Crippen molar-refractivity contribution in [2.45, 2.75) is 45.6 Å². The Morgan fingerprint density at radius 2 is 2.03 bits per heavy atom. The number of nitrogens with one attached hydrogen (secondary N) is 1. The van der Waals surface area contributed by atoms with Crippen LogP contribution in [0.4, 0.5) is 0 Å². The number of nitrogens with zero attached hydrogens (tertiary/aromatic N) is 2. The third-order valence-corrected chi connectivity index (χ3v) is 8.45. The minimum atomic E-state index is -3.53. The van der Waals surface area contributed by atoms with Gasteiger partial charge >= 0.3 is 0 Å². The third kappa shape index (κ3) is 7.76. The molecule has 172 valence electrons. The Labute approximate surface area is 198 Å². The van der Waals surface area contributed by atoms with E-state index in [0.29, 0.717) is 25.9 Å². The van der Waals surface area contributed by atoms with Gasteiger partial charge in [0.15, 0.2) is 6.61 Å². The summed E-state index contributed by atoms with van der Waals surface area (Å²) in [6.07, 6.45) is 2.21. The number of carbonyl (C=O) groups is 2. The Morgan fingerprint density at radius 3 is 2.65 bits per heavy atom. The van der Waals surface area contributed by atoms with Crippen LogP contribution < -0.4 is 10.1 Å². The van der Waals surface area contributed by atoms with Crippen LogP contribution in [0.2, 0.25) is 0 Å².